The van der Waals surface area contributed by atoms with Crippen LogP contribution in [0.3, 0.4) is 0 Å². The second-order valence-corrected chi connectivity index (χ2v) is 4.57. The summed E-state index contributed by atoms with van der Waals surface area (Å²) in [5.74, 6) is -1.36. The zero-order valence-corrected chi connectivity index (χ0v) is 11.5. The third-order valence-corrected chi connectivity index (χ3v) is 2.99. The Hall–Kier alpha value is -1.82. The van der Waals surface area contributed by atoms with E-state index < -0.39 is 17.4 Å². The molecule has 0 atom stereocenters. The van der Waals surface area contributed by atoms with E-state index in [4.69, 9.17) is 15.2 Å². The Morgan fingerprint density at radius 1 is 1.11 bits per heavy atom. The van der Waals surface area contributed by atoms with E-state index in [2.05, 4.69) is 15.9 Å². The molecule has 0 bridgehead atoms. The number of ether oxygens (including phenoxy) is 2. The molecule has 2 N–H and O–H groups in total. The average molecular weight is 330 g/mol. The molecule has 0 aliphatic rings. The molecule has 0 unspecified atom stereocenters. The minimum Gasteiger partial charge on any atom is -0.497 e. The molecule has 0 saturated carbocycles. The molecule has 0 heterocycles. The number of nitrogens with two attached hydrogens (primary N) is 1. The van der Waals surface area contributed by atoms with Crippen LogP contribution in [0.1, 0.15) is 0 Å². The Kier molecular flexibility index (Phi) is 3.90. The summed E-state index contributed by atoms with van der Waals surface area (Å²) >= 11 is 3.23. The van der Waals surface area contributed by atoms with Gasteiger partial charge in [0.2, 0.25) is 0 Å². The van der Waals surface area contributed by atoms with Gasteiger partial charge in [0.25, 0.3) is 0 Å². The molecule has 0 spiro atoms. The normalized spacial score (nSPS) is 10.3. The van der Waals surface area contributed by atoms with Crippen LogP contribution < -0.4 is 15.2 Å². The van der Waals surface area contributed by atoms with Crippen LogP contribution in [-0.2, 0) is 0 Å². The van der Waals surface area contributed by atoms with Gasteiger partial charge in [-0.25, -0.2) is 8.78 Å². The smallest absolute Gasteiger partial charge is 0.198 e. The third kappa shape index (κ3) is 2.96. The molecular formula is C13H10BrF2NO2. The average Bonchev–Trinajstić information content (AvgIpc) is 2.35. The van der Waals surface area contributed by atoms with Gasteiger partial charge in [-0.3, -0.25) is 0 Å². The van der Waals surface area contributed by atoms with Gasteiger partial charge in [0.05, 0.1) is 11.6 Å². The van der Waals surface area contributed by atoms with Crippen molar-refractivity contribution >= 4 is 21.6 Å². The zero-order chi connectivity index (χ0) is 14.0. The Labute approximate surface area is 117 Å². The Bertz CT molecular complexity index is 597. The number of hydrogen-bond acceptors (Lipinski definition) is 3. The van der Waals surface area contributed by atoms with Crippen LogP contribution in [-0.4, -0.2) is 7.11 Å². The fourth-order valence-electron chi connectivity index (χ4n) is 1.48. The highest BCUT2D eigenvalue weighted by atomic mass is 79.9. The quantitative estimate of drug-likeness (QED) is 0.862. The van der Waals surface area contributed by atoms with Gasteiger partial charge in [-0.1, -0.05) is 0 Å². The summed E-state index contributed by atoms with van der Waals surface area (Å²) in [6, 6.07) is 6.78. The van der Waals surface area contributed by atoms with Crippen molar-refractivity contribution in [1.29, 1.82) is 0 Å². The molecular weight excluding hydrogens is 320 g/mol. The molecule has 19 heavy (non-hydrogen) atoms. The van der Waals surface area contributed by atoms with Crippen LogP contribution in [0.2, 0.25) is 0 Å². The van der Waals surface area contributed by atoms with Crippen molar-refractivity contribution in [3.63, 3.8) is 0 Å². The van der Waals surface area contributed by atoms with Crippen molar-refractivity contribution in [2.75, 3.05) is 12.8 Å². The molecule has 0 radical (unpaired) electrons. The van der Waals surface area contributed by atoms with Gasteiger partial charge in [0.15, 0.2) is 17.4 Å². The van der Waals surface area contributed by atoms with Crippen molar-refractivity contribution in [2.45, 2.75) is 0 Å². The van der Waals surface area contributed by atoms with Crippen molar-refractivity contribution < 1.29 is 18.3 Å². The van der Waals surface area contributed by atoms with E-state index in [9.17, 15) is 8.78 Å². The molecule has 2 rings (SSSR count). The van der Waals surface area contributed by atoms with Gasteiger partial charge in [0.1, 0.15) is 11.5 Å². The molecule has 0 aliphatic heterocycles. The van der Waals surface area contributed by atoms with Gasteiger partial charge in [-0.15, -0.1) is 0 Å². The largest absolute Gasteiger partial charge is 0.497 e. The predicted molar refractivity (Wildman–Crippen MR) is 71.5 cm³/mol. The summed E-state index contributed by atoms with van der Waals surface area (Å²) in [7, 11) is 1.52. The van der Waals surface area contributed by atoms with Crippen LogP contribution in [0.5, 0.6) is 17.2 Å². The van der Waals surface area contributed by atoms with Gasteiger partial charge in [-0.2, -0.15) is 0 Å². The number of rotatable bonds is 3. The number of nitrogen functional groups attached to an aromatic ring is 1. The first-order valence-electron chi connectivity index (χ1n) is 5.27. The van der Waals surface area contributed by atoms with E-state index in [1.165, 1.54) is 13.2 Å². The van der Waals surface area contributed by atoms with Crippen LogP contribution in [0.15, 0.2) is 34.8 Å². The summed E-state index contributed by atoms with van der Waals surface area (Å²) < 4.78 is 37.9. The van der Waals surface area contributed by atoms with Gasteiger partial charge in [-0.05, 0) is 34.1 Å². The second-order valence-electron chi connectivity index (χ2n) is 3.71. The number of benzene rings is 2. The van der Waals surface area contributed by atoms with Crippen molar-refractivity contribution in [1.82, 2.24) is 0 Å². The predicted octanol–water partition coefficient (Wildman–Crippen LogP) is 4.11. The lowest BCUT2D eigenvalue weighted by Crippen LogP contribution is -1.96. The van der Waals surface area contributed by atoms with Crippen molar-refractivity contribution in [2.24, 2.45) is 0 Å². The first-order chi connectivity index (χ1) is 9.01. The maximum absolute atomic E-state index is 13.6. The fraction of sp³-hybridized carbons (Fsp3) is 0.0769. The summed E-state index contributed by atoms with van der Waals surface area (Å²) in [6.07, 6.45) is 0. The topological polar surface area (TPSA) is 44.5 Å². The third-order valence-electron chi connectivity index (χ3n) is 2.37. The number of halogens is 3. The highest BCUT2D eigenvalue weighted by molar-refractivity contribution is 9.10. The van der Waals surface area contributed by atoms with Crippen LogP contribution in [0, 0.1) is 11.6 Å². The Morgan fingerprint density at radius 2 is 1.74 bits per heavy atom. The molecule has 3 nitrogen and oxygen atoms in total. The molecule has 100 valence electrons. The first kappa shape index (κ1) is 13.6. The molecule has 2 aromatic rings. The molecule has 0 aliphatic carbocycles. The minimum absolute atomic E-state index is 0.00357. The summed E-state index contributed by atoms with van der Waals surface area (Å²) in [5, 5.41) is 0. The molecule has 0 amide bonds. The van der Waals surface area contributed by atoms with E-state index in [1.54, 1.807) is 12.1 Å². The Morgan fingerprint density at radius 3 is 2.26 bits per heavy atom. The van der Waals surface area contributed by atoms with E-state index in [1.807, 2.05) is 0 Å². The standard InChI is InChI=1S/C13H10BrF2NO2/c1-18-8-2-3-12(9(14)6-8)19-13-10(15)4-7(17)5-11(13)16/h2-6H,17H2,1H3. The highest BCUT2D eigenvalue weighted by Gasteiger charge is 2.14. The Balaban J connectivity index is 2.36. The fourth-order valence-corrected chi connectivity index (χ4v) is 1.92. The number of hydrogen-bond donors (Lipinski definition) is 1. The van der Waals surface area contributed by atoms with E-state index in [0.29, 0.717) is 10.2 Å². The molecule has 0 saturated heterocycles. The van der Waals surface area contributed by atoms with Gasteiger partial charge in [0, 0.05) is 17.8 Å². The lowest BCUT2D eigenvalue weighted by Gasteiger charge is -2.11. The first-order valence-corrected chi connectivity index (χ1v) is 6.06. The molecule has 0 aromatic heterocycles. The monoisotopic (exact) mass is 329 g/mol. The molecule has 6 heteroatoms. The van der Waals surface area contributed by atoms with Gasteiger partial charge >= 0.3 is 0 Å². The summed E-state index contributed by atoms with van der Waals surface area (Å²) in [4.78, 5) is 0. The van der Waals surface area contributed by atoms with Crippen molar-refractivity contribution in [3.05, 3.63) is 46.4 Å². The summed E-state index contributed by atoms with van der Waals surface area (Å²) in [5.41, 5.74) is 5.32. The SMILES string of the molecule is COc1ccc(Oc2c(F)cc(N)cc2F)c(Br)c1. The minimum atomic E-state index is -0.861. The summed E-state index contributed by atoms with van der Waals surface area (Å²) in [6.45, 7) is 0. The van der Waals surface area contributed by atoms with E-state index in [-0.39, 0.29) is 11.4 Å². The van der Waals surface area contributed by atoms with Crippen LogP contribution >= 0.6 is 15.9 Å². The lowest BCUT2D eigenvalue weighted by molar-refractivity contribution is 0.399. The molecule has 2 aromatic carbocycles. The van der Waals surface area contributed by atoms with Gasteiger partial charge < -0.3 is 15.2 Å². The van der Waals surface area contributed by atoms with Crippen LogP contribution in [0.25, 0.3) is 0 Å². The zero-order valence-electron chi connectivity index (χ0n) is 9.91. The number of methoxy groups -OCH3 is 1. The van der Waals surface area contributed by atoms with Crippen molar-refractivity contribution in [3.8, 4) is 17.2 Å². The van der Waals surface area contributed by atoms with E-state index in [0.717, 1.165) is 12.1 Å². The van der Waals surface area contributed by atoms with Crippen LogP contribution in [0.4, 0.5) is 14.5 Å². The number of anilines is 1. The maximum Gasteiger partial charge on any atom is 0.198 e. The lowest BCUT2D eigenvalue weighted by atomic mass is 10.2. The van der Waals surface area contributed by atoms with E-state index >= 15 is 0 Å². The highest BCUT2D eigenvalue weighted by Crippen LogP contribution is 2.35. The second kappa shape index (κ2) is 5.44. The maximum atomic E-state index is 13.6. The molecule has 0 fully saturated rings.